The second-order valence-corrected chi connectivity index (χ2v) is 7.92. The van der Waals surface area contributed by atoms with Crippen molar-refractivity contribution < 1.29 is 17.9 Å². The molecule has 0 aliphatic heterocycles. The van der Waals surface area contributed by atoms with Crippen LogP contribution in [-0.2, 0) is 20.0 Å². The lowest BCUT2D eigenvalue weighted by Crippen LogP contribution is -2.15. The maximum atomic E-state index is 12.5. The van der Waals surface area contributed by atoms with Crippen molar-refractivity contribution in [2.24, 2.45) is 0 Å². The number of fused-ring (bicyclic) bond motifs is 1. The minimum Gasteiger partial charge on any atom is -0.461 e. The molecule has 126 valence electrons. The van der Waals surface area contributed by atoms with Crippen molar-refractivity contribution in [3.8, 4) is 6.07 Å². The number of rotatable bonds is 5. The molecule has 7 nitrogen and oxygen atoms in total. The van der Waals surface area contributed by atoms with Gasteiger partial charge >= 0.3 is 5.97 Å². The molecule has 0 saturated heterocycles. The van der Waals surface area contributed by atoms with E-state index in [1.807, 2.05) is 0 Å². The Morgan fingerprint density at radius 3 is 2.67 bits per heavy atom. The molecular formula is C16H17N3O4S. The number of hydrogen-bond donors (Lipinski definition) is 0. The van der Waals surface area contributed by atoms with Crippen molar-refractivity contribution >= 4 is 21.5 Å². The molecule has 24 heavy (non-hydrogen) atoms. The van der Waals surface area contributed by atoms with Gasteiger partial charge in [-0.15, -0.1) is 0 Å². The number of carbonyl (C=O) groups excluding carboxylic acids is 1. The summed E-state index contributed by atoms with van der Waals surface area (Å²) in [6, 6.07) is 5.67. The number of carbonyl (C=O) groups is 1. The highest BCUT2D eigenvalue weighted by Gasteiger charge is 2.45. The molecule has 0 amide bonds. The average molecular weight is 347 g/mol. The summed E-state index contributed by atoms with van der Waals surface area (Å²) in [5, 5.41) is 9.18. The fraction of sp³-hybridized carbons (Fsp3) is 0.438. The molecule has 0 spiro atoms. The van der Waals surface area contributed by atoms with Gasteiger partial charge in [-0.05, 0) is 31.4 Å². The van der Waals surface area contributed by atoms with Gasteiger partial charge in [-0.3, -0.25) is 4.40 Å². The number of aromatic nitrogens is 2. The fourth-order valence-electron chi connectivity index (χ4n) is 2.66. The summed E-state index contributed by atoms with van der Waals surface area (Å²) in [5.74, 6) is -0.933. The van der Waals surface area contributed by atoms with Crippen LogP contribution in [0.2, 0.25) is 0 Å². The Morgan fingerprint density at radius 1 is 1.42 bits per heavy atom. The van der Waals surface area contributed by atoms with Crippen molar-refractivity contribution in [2.45, 2.75) is 37.1 Å². The van der Waals surface area contributed by atoms with E-state index in [2.05, 4.69) is 11.1 Å². The van der Waals surface area contributed by atoms with Crippen molar-refractivity contribution in [1.82, 2.24) is 9.38 Å². The second kappa shape index (κ2) is 5.60. The van der Waals surface area contributed by atoms with Crippen LogP contribution >= 0.6 is 0 Å². The normalized spacial score (nSPS) is 15.9. The van der Waals surface area contributed by atoms with Gasteiger partial charge < -0.3 is 4.74 Å². The van der Waals surface area contributed by atoms with Gasteiger partial charge in [0.2, 0.25) is 0 Å². The molecule has 8 heteroatoms. The lowest BCUT2D eigenvalue weighted by Gasteiger charge is -2.09. The first-order valence-electron chi connectivity index (χ1n) is 7.72. The summed E-state index contributed by atoms with van der Waals surface area (Å²) in [6.07, 6.45) is 3.08. The van der Waals surface area contributed by atoms with Crippen molar-refractivity contribution in [1.29, 1.82) is 5.26 Å². The average Bonchev–Trinajstić information content (AvgIpc) is 3.27. The number of sulfone groups is 1. The topological polar surface area (TPSA) is 102 Å². The number of ether oxygens (including phenoxy) is 1. The lowest BCUT2D eigenvalue weighted by atomic mass is 10.00. The molecule has 0 aromatic carbocycles. The first kappa shape index (κ1) is 16.5. The largest absolute Gasteiger partial charge is 0.461 e. The van der Waals surface area contributed by atoms with Gasteiger partial charge in [-0.1, -0.05) is 13.0 Å². The molecule has 0 bridgehead atoms. The highest BCUT2D eigenvalue weighted by atomic mass is 32.2. The van der Waals surface area contributed by atoms with Crippen LogP contribution in [0.25, 0.3) is 5.65 Å². The maximum Gasteiger partial charge on any atom is 0.359 e. The smallest absolute Gasteiger partial charge is 0.359 e. The van der Waals surface area contributed by atoms with Crippen LogP contribution < -0.4 is 0 Å². The Kier molecular flexibility index (Phi) is 3.84. The van der Waals surface area contributed by atoms with Gasteiger partial charge in [-0.25, -0.2) is 18.2 Å². The van der Waals surface area contributed by atoms with Crippen LogP contribution in [0.15, 0.2) is 23.4 Å². The minimum atomic E-state index is -3.71. The molecule has 2 aromatic heterocycles. The number of esters is 1. The molecular weight excluding hydrogens is 330 g/mol. The van der Waals surface area contributed by atoms with Crippen LogP contribution in [0, 0.1) is 11.3 Å². The van der Waals surface area contributed by atoms with E-state index in [4.69, 9.17) is 4.74 Å². The van der Waals surface area contributed by atoms with E-state index in [-0.39, 0.29) is 23.1 Å². The highest BCUT2D eigenvalue weighted by Crippen LogP contribution is 2.47. The molecule has 0 atom stereocenters. The van der Waals surface area contributed by atoms with E-state index in [1.165, 1.54) is 11.3 Å². The Balaban J connectivity index is 2.28. The van der Waals surface area contributed by atoms with Gasteiger partial charge in [0, 0.05) is 6.20 Å². The summed E-state index contributed by atoms with van der Waals surface area (Å²) < 4.78 is 31.4. The molecule has 1 saturated carbocycles. The van der Waals surface area contributed by atoms with E-state index in [0.29, 0.717) is 5.65 Å². The van der Waals surface area contributed by atoms with Gasteiger partial charge in [0.15, 0.2) is 20.6 Å². The predicted molar refractivity (Wildman–Crippen MR) is 85.4 cm³/mol. The number of hydrogen-bond acceptors (Lipinski definition) is 6. The second-order valence-electron chi connectivity index (χ2n) is 5.73. The molecule has 1 aliphatic rings. The first-order valence-corrected chi connectivity index (χ1v) is 9.37. The van der Waals surface area contributed by atoms with Crippen LogP contribution in [0.1, 0.15) is 42.7 Å². The van der Waals surface area contributed by atoms with Crippen molar-refractivity contribution in [3.05, 3.63) is 29.6 Å². The number of nitrogens with zero attached hydrogens (tertiary/aromatic N) is 3. The third-order valence-electron chi connectivity index (χ3n) is 4.23. The van der Waals surface area contributed by atoms with Crippen LogP contribution in [0.4, 0.5) is 0 Å². The first-order chi connectivity index (χ1) is 11.4. The highest BCUT2D eigenvalue weighted by molar-refractivity contribution is 7.91. The van der Waals surface area contributed by atoms with E-state index >= 15 is 0 Å². The fourth-order valence-corrected chi connectivity index (χ4v) is 3.81. The van der Waals surface area contributed by atoms with Crippen LogP contribution in [0.5, 0.6) is 0 Å². The molecule has 0 radical (unpaired) electrons. The Bertz CT molecular complexity index is 965. The Labute approximate surface area is 139 Å². The molecule has 0 unspecified atom stereocenters. The maximum absolute atomic E-state index is 12.5. The van der Waals surface area contributed by atoms with Crippen LogP contribution in [-0.4, -0.2) is 36.1 Å². The van der Waals surface area contributed by atoms with Gasteiger partial charge in [0.25, 0.3) is 0 Å². The SMILES string of the molecule is CCOC(=O)c1nc2ccc(C3(C#N)CC3)cn2c1S(=O)(=O)CC. The third kappa shape index (κ3) is 2.45. The number of imidazole rings is 1. The molecule has 2 heterocycles. The van der Waals surface area contributed by atoms with Gasteiger partial charge in [-0.2, -0.15) is 5.26 Å². The molecule has 1 fully saturated rings. The minimum absolute atomic E-state index is 0.126. The zero-order chi connectivity index (χ0) is 17.5. The number of pyridine rings is 1. The lowest BCUT2D eigenvalue weighted by molar-refractivity contribution is 0.0515. The summed E-state index contributed by atoms with van der Waals surface area (Å²) in [4.78, 5) is 16.3. The monoisotopic (exact) mass is 347 g/mol. The predicted octanol–water partition coefficient (Wildman–Crippen LogP) is 1.86. The van der Waals surface area contributed by atoms with E-state index < -0.39 is 21.2 Å². The van der Waals surface area contributed by atoms with Gasteiger partial charge in [0.1, 0.15) is 5.65 Å². The van der Waals surface area contributed by atoms with E-state index in [0.717, 1.165) is 18.4 Å². The van der Waals surface area contributed by atoms with Gasteiger partial charge in [0.05, 0.1) is 23.8 Å². The molecule has 1 aliphatic carbocycles. The van der Waals surface area contributed by atoms with Crippen molar-refractivity contribution in [2.75, 3.05) is 12.4 Å². The molecule has 3 rings (SSSR count). The number of nitriles is 1. The van der Waals surface area contributed by atoms with Crippen molar-refractivity contribution in [3.63, 3.8) is 0 Å². The summed E-state index contributed by atoms with van der Waals surface area (Å²) in [6.45, 7) is 3.27. The molecule has 2 aromatic rings. The van der Waals surface area contributed by atoms with Crippen LogP contribution in [0.3, 0.4) is 0 Å². The standard InChI is InChI=1S/C16H17N3O4S/c1-3-23-15(20)13-14(24(21,22)4-2)19-9-11(5-6-12(19)18-13)16(10-17)7-8-16/h5-6,9H,3-4,7-8H2,1-2H3. The third-order valence-corrected chi connectivity index (χ3v) is 5.97. The quantitative estimate of drug-likeness (QED) is 0.765. The molecule has 0 N–H and O–H groups in total. The Morgan fingerprint density at radius 2 is 2.12 bits per heavy atom. The zero-order valence-electron chi connectivity index (χ0n) is 13.4. The zero-order valence-corrected chi connectivity index (χ0v) is 14.3. The van der Waals surface area contributed by atoms with E-state index in [9.17, 15) is 18.5 Å². The van der Waals surface area contributed by atoms with E-state index in [1.54, 1.807) is 25.3 Å². The summed E-state index contributed by atoms with van der Waals surface area (Å²) in [7, 11) is -3.71. The summed E-state index contributed by atoms with van der Waals surface area (Å²) >= 11 is 0. The Hall–Kier alpha value is -2.40. The summed E-state index contributed by atoms with van der Waals surface area (Å²) in [5.41, 5.74) is 0.300.